The Morgan fingerprint density at radius 3 is 3.06 bits per heavy atom. The monoisotopic (exact) mass is 216 g/mol. The maximum absolute atomic E-state index is 5.75. The predicted octanol–water partition coefficient (Wildman–Crippen LogP) is 1.83. The molecule has 0 amide bonds. The molecule has 2 aromatic rings. The van der Waals surface area contributed by atoms with Gasteiger partial charge in [-0.05, 0) is 18.9 Å². The molecule has 2 aromatic heterocycles. The first-order valence-corrected chi connectivity index (χ1v) is 5.83. The van der Waals surface area contributed by atoms with E-state index in [0.717, 1.165) is 16.9 Å². The third kappa shape index (κ3) is 1.41. The lowest BCUT2D eigenvalue weighted by atomic mass is 10.2. The number of imidazole rings is 1. The van der Waals surface area contributed by atoms with Crippen LogP contribution in [0.1, 0.15) is 37.5 Å². The fraction of sp³-hybridized carbons (Fsp3) is 0.500. The van der Waals surface area contributed by atoms with E-state index in [4.69, 9.17) is 5.73 Å². The van der Waals surface area contributed by atoms with Crippen molar-refractivity contribution in [3.05, 3.63) is 24.3 Å². The van der Waals surface area contributed by atoms with Gasteiger partial charge in [0.05, 0.1) is 17.2 Å². The quantitative estimate of drug-likeness (QED) is 0.851. The largest absolute Gasteiger partial charge is 0.330 e. The second-order valence-electron chi connectivity index (χ2n) is 4.57. The number of aromatic nitrogens is 3. The second kappa shape index (κ2) is 3.56. The van der Waals surface area contributed by atoms with Crippen LogP contribution in [0.5, 0.6) is 0 Å². The van der Waals surface area contributed by atoms with Crippen molar-refractivity contribution in [3.8, 4) is 0 Å². The summed E-state index contributed by atoms with van der Waals surface area (Å²) in [7, 11) is 0. The molecule has 0 saturated heterocycles. The molecule has 1 atom stereocenters. The summed E-state index contributed by atoms with van der Waals surface area (Å²) in [5.74, 6) is 1.43. The fourth-order valence-corrected chi connectivity index (χ4v) is 2.13. The van der Waals surface area contributed by atoms with E-state index in [1.807, 2.05) is 12.3 Å². The summed E-state index contributed by atoms with van der Waals surface area (Å²) < 4.78 is 2.33. The van der Waals surface area contributed by atoms with E-state index < -0.39 is 0 Å². The Kier molecular flexibility index (Phi) is 2.17. The zero-order valence-electron chi connectivity index (χ0n) is 9.43. The molecule has 1 aliphatic rings. The molecular weight excluding hydrogens is 200 g/mol. The van der Waals surface area contributed by atoms with Gasteiger partial charge in [-0.3, -0.25) is 4.98 Å². The lowest BCUT2D eigenvalue weighted by molar-refractivity contribution is 0.628. The average Bonchev–Trinajstić information content (AvgIpc) is 3.08. The standard InChI is InChI=1S/C12H16N4/c1-8(6-13)12-15-10-4-5-14-7-11(10)16(12)9-2-3-9/h4-5,7-9H,2-3,6,13H2,1H3. The first kappa shape index (κ1) is 9.78. The molecule has 1 aliphatic carbocycles. The highest BCUT2D eigenvalue weighted by atomic mass is 15.1. The van der Waals surface area contributed by atoms with Gasteiger partial charge in [0, 0.05) is 24.7 Å². The molecular formula is C12H16N4. The van der Waals surface area contributed by atoms with Crippen molar-refractivity contribution in [2.45, 2.75) is 31.7 Å². The lowest BCUT2D eigenvalue weighted by Gasteiger charge is -2.11. The minimum absolute atomic E-state index is 0.313. The Hall–Kier alpha value is -1.42. The first-order valence-electron chi connectivity index (χ1n) is 5.83. The molecule has 0 aliphatic heterocycles. The molecule has 0 bridgehead atoms. The van der Waals surface area contributed by atoms with Crippen molar-refractivity contribution in [1.82, 2.24) is 14.5 Å². The van der Waals surface area contributed by atoms with Gasteiger partial charge in [-0.15, -0.1) is 0 Å². The number of nitrogens with zero attached hydrogens (tertiary/aromatic N) is 3. The zero-order valence-corrected chi connectivity index (χ0v) is 9.43. The zero-order chi connectivity index (χ0) is 11.1. The van der Waals surface area contributed by atoms with Gasteiger partial charge >= 0.3 is 0 Å². The fourth-order valence-electron chi connectivity index (χ4n) is 2.13. The molecule has 84 valence electrons. The smallest absolute Gasteiger partial charge is 0.114 e. The molecule has 0 spiro atoms. The van der Waals surface area contributed by atoms with Crippen molar-refractivity contribution in [2.24, 2.45) is 5.73 Å². The van der Waals surface area contributed by atoms with E-state index >= 15 is 0 Å². The van der Waals surface area contributed by atoms with Crippen molar-refractivity contribution in [1.29, 1.82) is 0 Å². The van der Waals surface area contributed by atoms with E-state index in [1.165, 1.54) is 12.8 Å². The van der Waals surface area contributed by atoms with Crippen molar-refractivity contribution in [3.63, 3.8) is 0 Å². The molecule has 4 heteroatoms. The molecule has 0 radical (unpaired) electrons. The number of nitrogens with two attached hydrogens (primary N) is 1. The summed E-state index contributed by atoms with van der Waals surface area (Å²) in [5.41, 5.74) is 7.94. The minimum atomic E-state index is 0.313. The van der Waals surface area contributed by atoms with Crippen LogP contribution in [-0.4, -0.2) is 21.1 Å². The highest BCUT2D eigenvalue weighted by molar-refractivity contribution is 5.75. The molecule has 16 heavy (non-hydrogen) atoms. The van der Waals surface area contributed by atoms with Crippen LogP contribution in [0.25, 0.3) is 11.0 Å². The Morgan fingerprint density at radius 2 is 2.38 bits per heavy atom. The van der Waals surface area contributed by atoms with Gasteiger partial charge in [-0.25, -0.2) is 4.98 Å². The van der Waals surface area contributed by atoms with Gasteiger partial charge in [0.25, 0.3) is 0 Å². The molecule has 2 N–H and O–H groups in total. The number of pyridine rings is 1. The Balaban J connectivity index is 2.22. The highest BCUT2D eigenvalue weighted by Crippen LogP contribution is 2.39. The molecule has 1 unspecified atom stereocenters. The van der Waals surface area contributed by atoms with E-state index in [-0.39, 0.29) is 0 Å². The SMILES string of the molecule is CC(CN)c1nc2ccncc2n1C1CC1. The molecule has 3 rings (SSSR count). The van der Waals surface area contributed by atoms with Gasteiger partial charge in [0.1, 0.15) is 5.82 Å². The number of hydrogen-bond acceptors (Lipinski definition) is 3. The lowest BCUT2D eigenvalue weighted by Crippen LogP contribution is -2.14. The normalized spacial score (nSPS) is 17.9. The third-order valence-corrected chi connectivity index (χ3v) is 3.23. The topological polar surface area (TPSA) is 56.7 Å². The molecule has 0 aromatic carbocycles. The maximum atomic E-state index is 5.75. The van der Waals surface area contributed by atoms with Gasteiger partial charge in [0.15, 0.2) is 0 Å². The Morgan fingerprint density at radius 1 is 1.56 bits per heavy atom. The van der Waals surface area contributed by atoms with Crippen molar-refractivity contribution < 1.29 is 0 Å². The van der Waals surface area contributed by atoms with Crippen LogP contribution in [0.4, 0.5) is 0 Å². The highest BCUT2D eigenvalue weighted by Gasteiger charge is 2.29. The summed E-state index contributed by atoms with van der Waals surface area (Å²) in [4.78, 5) is 8.88. The summed E-state index contributed by atoms with van der Waals surface area (Å²) in [6.45, 7) is 2.77. The van der Waals surface area contributed by atoms with Gasteiger partial charge in [0.2, 0.25) is 0 Å². The summed E-state index contributed by atoms with van der Waals surface area (Å²) in [6.07, 6.45) is 6.21. The maximum Gasteiger partial charge on any atom is 0.114 e. The number of hydrogen-bond donors (Lipinski definition) is 1. The Labute approximate surface area is 94.5 Å². The Bertz CT molecular complexity index is 513. The van der Waals surface area contributed by atoms with Crippen LogP contribution < -0.4 is 5.73 Å². The van der Waals surface area contributed by atoms with E-state index in [1.54, 1.807) is 6.20 Å². The van der Waals surface area contributed by atoms with Crippen LogP contribution in [0, 0.1) is 0 Å². The summed E-state index contributed by atoms with van der Waals surface area (Å²) >= 11 is 0. The van der Waals surface area contributed by atoms with E-state index in [9.17, 15) is 0 Å². The molecule has 1 saturated carbocycles. The summed E-state index contributed by atoms with van der Waals surface area (Å²) in [6, 6.07) is 2.60. The van der Waals surface area contributed by atoms with Crippen LogP contribution in [0.3, 0.4) is 0 Å². The van der Waals surface area contributed by atoms with Crippen LogP contribution in [-0.2, 0) is 0 Å². The van der Waals surface area contributed by atoms with Gasteiger partial charge in [-0.1, -0.05) is 6.92 Å². The van der Waals surface area contributed by atoms with Crippen LogP contribution in [0.15, 0.2) is 18.5 Å². The number of fused-ring (bicyclic) bond motifs is 1. The first-order chi connectivity index (χ1) is 7.81. The minimum Gasteiger partial charge on any atom is -0.330 e. The molecule has 2 heterocycles. The third-order valence-electron chi connectivity index (χ3n) is 3.23. The summed E-state index contributed by atoms with van der Waals surface area (Å²) in [5, 5.41) is 0. The van der Waals surface area contributed by atoms with E-state index in [2.05, 4.69) is 21.5 Å². The van der Waals surface area contributed by atoms with Gasteiger partial charge < -0.3 is 10.3 Å². The predicted molar refractivity (Wildman–Crippen MR) is 63.3 cm³/mol. The molecule has 1 fully saturated rings. The second-order valence-corrected chi connectivity index (χ2v) is 4.57. The van der Waals surface area contributed by atoms with Crippen LogP contribution >= 0.6 is 0 Å². The van der Waals surface area contributed by atoms with E-state index in [0.29, 0.717) is 18.5 Å². The van der Waals surface area contributed by atoms with Crippen LogP contribution in [0.2, 0.25) is 0 Å². The molecule has 4 nitrogen and oxygen atoms in total. The van der Waals surface area contributed by atoms with Crippen molar-refractivity contribution >= 4 is 11.0 Å². The van der Waals surface area contributed by atoms with Crippen molar-refractivity contribution in [2.75, 3.05) is 6.54 Å². The number of rotatable bonds is 3. The van der Waals surface area contributed by atoms with Gasteiger partial charge in [-0.2, -0.15) is 0 Å². The average molecular weight is 216 g/mol.